The van der Waals surface area contributed by atoms with E-state index in [4.69, 9.17) is 0 Å². The summed E-state index contributed by atoms with van der Waals surface area (Å²) in [6, 6.07) is 0. The second-order valence-electron chi connectivity index (χ2n) is 2.31. The van der Waals surface area contributed by atoms with Crippen LogP contribution in [0.2, 0.25) is 0 Å². The number of amides is 1. The van der Waals surface area contributed by atoms with Gasteiger partial charge in [-0.3, -0.25) is 4.79 Å². The number of unbranched alkanes of at least 4 members (excludes halogenated alkanes) is 1. The molecular formula is C9H20N2O. The molecule has 0 aromatic heterocycles. The Morgan fingerprint density at radius 1 is 1.58 bits per heavy atom. The first-order valence-corrected chi connectivity index (χ1v) is 4.31. The third-order valence-corrected chi connectivity index (χ3v) is 1.16. The zero-order valence-electron chi connectivity index (χ0n) is 8.10. The van der Waals surface area contributed by atoms with E-state index in [2.05, 4.69) is 31.5 Å². The van der Waals surface area contributed by atoms with E-state index in [1.54, 1.807) is 0 Å². The molecule has 12 heavy (non-hydrogen) atoms. The molecule has 1 amide bonds. The zero-order valence-corrected chi connectivity index (χ0v) is 8.10. The molecule has 72 valence electrons. The van der Waals surface area contributed by atoms with Gasteiger partial charge in [-0.2, -0.15) is 0 Å². The largest absolute Gasteiger partial charge is 0.366 e. The van der Waals surface area contributed by atoms with Crippen molar-refractivity contribution in [2.24, 2.45) is 5.73 Å². The smallest absolute Gasteiger partial charge is 0.240 e. The van der Waals surface area contributed by atoms with E-state index < -0.39 is 5.91 Å². The average Bonchev–Trinajstić information content (AvgIpc) is 2.07. The van der Waals surface area contributed by atoms with E-state index in [0.717, 1.165) is 12.6 Å². The van der Waals surface area contributed by atoms with Gasteiger partial charge in [0, 0.05) is 0 Å². The molecule has 0 bridgehead atoms. The highest BCUT2D eigenvalue weighted by Gasteiger charge is 1.77. The minimum atomic E-state index is -0.481. The Bertz CT molecular complexity index is 109. The van der Waals surface area contributed by atoms with Crippen LogP contribution in [0.3, 0.4) is 0 Å². The number of nitrogens with two attached hydrogens (primary N) is 1. The van der Waals surface area contributed by atoms with Gasteiger partial charge in [-0.05, 0) is 25.6 Å². The fourth-order valence-electron chi connectivity index (χ4n) is 0.479. The molecule has 0 unspecified atom stereocenters. The van der Waals surface area contributed by atoms with E-state index in [1.807, 2.05) is 0 Å². The summed E-state index contributed by atoms with van der Waals surface area (Å²) in [4.78, 5) is 9.47. The summed E-state index contributed by atoms with van der Waals surface area (Å²) in [5.41, 5.74) is 4.53. The lowest BCUT2D eigenvalue weighted by molar-refractivity contribution is -0.113. The highest BCUT2D eigenvalue weighted by Crippen LogP contribution is 1.80. The van der Waals surface area contributed by atoms with Crippen LogP contribution in [0.25, 0.3) is 0 Å². The van der Waals surface area contributed by atoms with Crippen molar-refractivity contribution in [1.82, 2.24) is 5.32 Å². The van der Waals surface area contributed by atoms with Crippen LogP contribution in [0.15, 0.2) is 12.7 Å². The van der Waals surface area contributed by atoms with Gasteiger partial charge in [0.15, 0.2) is 0 Å². The lowest BCUT2D eigenvalue weighted by atomic mass is 10.3. The van der Waals surface area contributed by atoms with E-state index in [9.17, 15) is 4.79 Å². The van der Waals surface area contributed by atoms with Gasteiger partial charge in [0.1, 0.15) is 0 Å². The summed E-state index contributed by atoms with van der Waals surface area (Å²) in [5, 5.41) is 3.25. The molecule has 3 nitrogen and oxygen atoms in total. The molecular weight excluding hydrogens is 152 g/mol. The third-order valence-electron chi connectivity index (χ3n) is 1.16. The summed E-state index contributed by atoms with van der Waals surface area (Å²) in [7, 11) is 0. The molecule has 0 aromatic rings. The number of carbonyl (C=O) groups is 1. The Hall–Kier alpha value is -0.830. The standard InChI is InChI=1S/C6H15N.C3H5NO/c1-3-5-6-7-4-2;1-2-3(4)5/h7H,3-6H2,1-2H3;2H,1H2,(H2,4,5). The van der Waals surface area contributed by atoms with Crippen LogP contribution in [-0.2, 0) is 4.79 Å². The van der Waals surface area contributed by atoms with Crippen LogP contribution >= 0.6 is 0 Å². The molecule has 0 heterocycles. The Balaban J connectivity index is 0. The van der Waals surface area contributed by atoms with Crippen LogP contribution < -0.4 is 11.1 Å². The Morgan fingerprint density at radius 3 is 2.33 bits per heavy atom. The fourth-order valence-corrected chi connectivity index (χ4v) is 0.479. The van der Waals surface area contributed by atoms with Crippen molar-refractivity contribution in [3.05, 3.63) is 12.7 Å². The van der Waals surface area contributed by atoms with Gasteiger partial charge in [0.05, 0.1) is 0 Å². The maximum absolute atomic E-state index is 9.47. The number of rotatable bonds is 5. The van der Waals surface area contributed by atoms with Crippen molar-refractivity contribution >= 4 is 5.91 Å². The molecule has 3 N–H and O–H groups in total. The predicted octanol–water partition coefficient (Wildman–Crippen LogP) is 1.05. The molecule has 0 spiro atoms. The monoisotopic (exact) mass is 172 g/mol. The number of hydrogen-bond donors (Lipinski definition) is 2. The van der Waals surface area contributed by atoms with E-state index in [1.165, 1.54) is 19.4 Å². The Kier molecular flexibility index (Phi) is 14.7. The molecule has 0 aromatic carbocycles. The first-order valence-electron chi connectivity index (χ1n) is 4.31. The lowest BCUT2D eigenvalue weighted by Crippen LogP contribution is -2.13. The maximum atomic E-state index is 9.47. The van der Waals surface area contributed by atoms with Gasteiger partial charge in [-0.25, -0.2) is 0 Å². The average molecular weight is 172 g/mol. The molecule has 0 radical (unpaired) electrons. The van der Waals surface area contributed by atoms with Gasteiger partial charge in [0.2, 0.25) is 5.91 Å². The van der Waals surface area contributed by atoms with Gasteiger partial charge in [-0.1, -0.05) is 26.8 Å². The Labute approximate surface area is 75.0 Å². The van der Waals surface area contributed by atoms with E-state index >= 15 is 0 Å². The number of nitrogens with one attached hydrogen (secondary N) is 1. The molecule has 0 atom stereocenters. The molecule has 0 fully saturated rings. The second kappa shape index (κ2) is 12.8. The first kappa shape index (κ1) is 13.7. The summed E-state index contributed by atoms with van der Waals surface area (Å²) >= 11 is 0. The number of carbonyl (C=O) groups excluding carboxylic acids is 1. The number of primary amides is 1. The third kappa shape index (κ3) is 22.9. The topological polar surface area (TPSA) is 55.1 Å². The Morgan fingerprint density at radius 2 is 2.08 bits per heavy atom. The minimum absolute atomic E-state index is 0.481. The van der Waals surface area contributed by atoms with Gasteiger partial charge >= 0.3 is 0 Å². The van der Waals surface area contributed by atoms with Crippen LogP contribution in [0.5, 0.6) is 0 Å². The summed E-state index contributed by atoms with van der Waals surface area (Å²) < 4.78 is 0. The van der Waals surface area contributed by atoms with Crippen molar-refractivity contribution in [3.8, 4) is 0 Å². The van der Waals surface area contributed by atoms with Crippen LogP contribution in [-0.4, -0.2) is 19.0 Å². The second-order valence-corrected chi connectivity index (χ2v) is 2.31. The van der Waals surface area contributed by atoms with Gasteiger partial charge < -0.3 is 11.1 Å². The summed E-state index contributed by atoms with van der Waals surface area (Å²) in [6.45, 7) is 9.72. The normalized spacial score (nSPS) is 8.17. The van der Waals surface area contributed by atoms with Crippen LogP contribution in [0.4, 0.5) is 0 Å². The SMILES string of the molecule is C=CC(N)=O.CCCCNCC. The molecule has 0 saturated carbocycles. The van der Waals surface area contributed by atoms with Crippen molar-refractivity contribution in [3.63, 3.8) is 0 Å². The minimum Gasteiger partial charge on any atom is -0.366 e. The highest BCUT2D eigenvalue weighted by atomic mass is 16.1. The molecule has 0 aliphatic rings. The van der Waals surface area contributed by atoms with Crippen molar-refractivity contribution < 1.29 is 4.79 Å². The molecule has 0 saturated heterocycles. The van der Waals surface area contributed by atoms with Crippen molar-refractivity contribution in [2.45, 2.75) is 26.7 Å². The van der Waals surface area contributed by atoms with Gasteiger partial charge in [0.25, 0.3) is 0 Å². The van der Waals surface area contributed by atoms with Crippen molar-refractivity contribution in [2.75, 3.05) is 13.1 Å². The van der Waals surface area contributed by atoms with Gasteiger partial charge in [-0.15, -0.1) is 0 Å². The molecule has 3 heteroatoms. The van der Waals surface area contributed by atoms with Crippen molar-refractivity contribution in [1.29, 1.82) is 0 Å². The zero-order chi connectivity index (χ0) is 9.82. The maximum Gasteiger partial charge on any atom is 0.240 e. The predicted molar refractivity (Wildman–Crippen MR) is 52.8 cm³/mol. The summed E-state index contributed by atoms with van der Waals surface area (Å²) in [6.07, 6.45) is 3.67. The quantitative estimate of drug-likeness (QED) is 0.481. The molecule has 0 aliphatic carbocycles. The summed E-state index contributed by atoms with van der Waals surface area (Å²) in [5.74, 6) is -0.481. The fraction of sp³-hybridized carbons (Fsp3) is 0.667. The first-order chi connectivity index (χ1) is 5.68. The number of hydrogen-bond acceptors (Lipinski definition) is 2. The van der Waals surface area contributed by atoms with E-state index in [0.29, 0.717) is 0 Å². The molecule has 0 aliphatic heterocycles. The van der Waals surface area contributed by atoms with Crippen LogP contribution in [0, 0.1) is 0 Å². The lowest BCUT2D eigenvalue weighted by Gasteiger charge is -1.95. The molecule has 0 rings (SSSR count). The van der Waals surface area contributed by atoms with E-state index in [-0.39, 0.29) is 0 Å². The highest BCUT2D eigenvalue weighted by molar-refractivity contribution is 5.84. The van der Waals surface area contributed by atoms with Crippen LogP contribution in [0.1, 0.15) is 26.7 Å².